The lowest BCUT2D eigenvalue weighted by molar-refractivity contribution is 0.0600. The molecule has 2 aromatic carbocycles. The number of benzene rings is 2. The molecule has 4 nitrogen and oxygen atoms in total. The molecule has 0 bridgehead atoms. The van der Waals surface area contributed by atoms with Gasteiger partial charge >= 0.3 is 5.97 Å². The fourth-order valence-electron chi connectivity index (χ4n) is 2.81. The molecule has 1 heterocycles. The van der Waals surface area contributed by atoms with Crippen molar-refractivity contribution in [3.05, 3.63) is 76.3 Å². The summed E-state index contributed by atoms with van der Waals surface area (Å²) in [6.07, 6.45) is 0. The van der Waals surface area contributed by atoms with Gasteiger partial charge in [0.25, 0.3) is 0 Å². The highest BCUT2D eigenvalue weighted by atomic mass is 35.5. The number of pyridine rings is 1. The van der Waals surface area contributed by atoms with Crippen molar-refractivity contribution in [3.63, 3.8) is 0 Å². The molecule has 0 fully saturated rings. The Bertz CT molecular complexity index is 971. The first-order chi connectivity index (χ1) is 13.0. The Morgan fingerprint density at radius 2 is 1.78 bits per heavy atom. The van der Waals surface area contributed by atoms with Gasteiger partial charge in [0.2, 0.25) is 0 Å². The van der Waals surface area contributed by atoms with Crippen LogP contribution < -0.4 is 4.72 Å². The molecule has 0 atom stereocenters. The van der Waals surface area contributed by atoms with Crippen molar-refractivity contribution in [2.75, 3.05) is 11.8 Å². The Morgan fingerprint density at radius 1 is 1.07 bits per heavy atom. The Morgan fingerprint density at radius 3 is 2.48 bits per heavy atom. The van der Waals surface area contributed by atoms with Crippen LogP contribution in [0.2, 0.25) is 5.02 Å². The number of ether oxygens (including phenoxy) is 1. The molecule has 138 valence electrons. The summed E-state index contributed by atoms with van der Waals surface area (Å²) >= 11 is 7.68. The van der Waals surface area contributed by atoms with Crippen molar-refractivity contribution < 1.29 is 9.53 Å². The monoisotopic (exact) mass is 398 g/mol. The first-order valence-electron chi connectivity index (χ1n) is 8.33. The minimum absolute atomic E-state index is 0.365. The van der Waals surface area contributed by atoms with Crippen LogP contribution in [0.25, 0.3) is 11.3 Å². The number of nitrogens with one attached hydrogen (secondary N) is 1. The lowest BCUT2D eigenvalue weighted by Gasteiger charge is -2.12. The van der Waals surface area contributed by atoms with E-state index in [1.165, 1.54) is 19.1 Å². The SMILES string of the molecule is COC(=O)c1cccc(SNc2cc(Cl)cc(-c3c(C)cccc3C)n2)c1. The number of hydrogen-bond acceptors (Lipinski definition) is 5. The van der Waals surface area contributed by atoms with Gasteiger partial charge in [-0.2, -0.15) is 0 Å². The summed E-state index contributed by atoms with van der Waals surface area (Å²) in [4.78, 5) is 17.2. The minimum atomic E-state index is -0.365. The van der Waals surface area contributed by atoms with E-state index in [2.05, 4.69) is 30.7 Å². The van der Waals surface area contributed by atoms with Crippen LogP contribution in [0, 0.1) is 13.8 Å². The van der Waals surface area contributed by atoms with Crippen LogP contribution in [0.3, 0.4) is 0 Å². The van der Waals surface area contributed by atoms with Gasteiger partial charge in [0.15, 0.2) is 0 Å². The zero-order valence-corrected chi connectivity index (χ0v) is 16.8. The van der Waals surface area contributed by atoms with E-state index < -0.39 is 0 Å². The third kappa shape index (κ3) is 4.62. The maximum atomic E-state index is 11.7. The van der Waals surface area contributed by atoms with E-state index in [1.54, 1.807) is 18.2 Å². The maximum absolute atomic E-state index is 11.7. The van der Waals surface area contributed by atoms with E-state index in [1.807, 2.05) is 24.3 Å². The van der Waals surface area contributed by atoms with Gasteiger partial charge in [-0.15, -0.1) is 0 Å². The van der Waals surface area contributed by atoms with Crippen molar-refractivity contribution in [1.29, 1.82) is 0 Å². The summed E-state index contributed by atoms with van der Waals surface area (Å²) in [6.45, 7) is 4.12. The van der Waals surface area contributed by atoms with Crippen LogP contribution in [-0.4, -0.2) is 18.1 Å². The number of nitrogens with zero attached hydrogens (tertiary/aromatic N) is 1. The predicted molar refractivity (Wildman–Crippen MR) is 111 cm³/mol. The number of carbonyl (C=O) groups is 1. The highest BCUT2D eigenvalue weighted by Crippen LogP contribution is 2.30. The summed E-state index contributed by atoms with van der Waals surface area (Å²) in [5.41, 5.74) is 4.70. The Balaban J connectivity index is 1.85. The van der Waals surface area contributed by atoms with Crippen LogP contribution in [0.15, 0.2) is 59.5 Å². The van der Waals surface area contributed by atoms with Crippen molar-refractivity contribution in [2.45, 2.75) is 18.7 Å². The second-order valence-electron chi connectivity index (χ2n) is 6.05. The molecule has 27 heavy (non-hydrogen) atoms. The quantitative estimate of drug-likeness (QED) is 0.426. The van der Waals surface area contributed by atoms with Crippen LogP contribution in [0.4, 0.5) is 5.82 Å². The molecule has 1 N–H and O–H groups in total. The molecule has 0 saturated carbocycles. The Labute approximate surface area is 168 Å². The molecule has 0 saturated heterocycles. The standard InChI is InChI=1S/C21H19ClN2O2S/c1-13-6-4-7-14(2)20(13)18-11-16(22)12-19(23-18)24-27-17-9-5-8-15(10-17)21(25)26-3/h4-12H,1-3H3,(H,23,24). The normalized spacial score (nSPS) is 10.5. The van der Waals surface area contributed by atoms with Gasteiger partial charge in [-0.25, -0.2) is 9.78 Å². The molecule has 0 radical (unpaired) electrons. The Kier molecular flexibility index (Phi) is 6.04. The topological polar surface area (TPSA) is 51.2 Å². The molecule has 0 amide bonds. The number of aromatic nitrogens is 1. The van der Waals surface area contributed by atoms with Crippen LogP contribution in [0.5, 0.6) is 0 Å². The lowest BCUT2D eigenvalue weighted by atomic mass is 10.00. The lowest BCUT2D eigenvalue weighted by Crippen LogP contribution is -2.01. The molecule has 0 aliphatic rings. The zero-order valence-electron chi connectivity index (χ0n) is 15.2. The largest absolute Gasteiger partial charge is 0.465 e. The third-order valence-corrected chi connectivity index (χ3v) is 5.08. The molecular formula is C21H19ClN2O2S. The number of hydrogen-bond donors (Lipinski definition) is 1. The maximum Gasteiger partial charge on any atom is 0.337 e. The Hall–Kier alpha value is -2.50. The second kappa shape index (κ2) is 8.46. The van der Waals surface area contributed by atoms with Crippen LogP contribution in [0.1, 0.15) is 21.5 Å². The van der Waals surface area contributed by atoms with E-state index in [0.29, 0.717) is 16.4 Å². The van der Waals surface area contributed by atoms with Gasteiger partial charge < -0.3 is 9.46 Å². The van der Waals surface area contributed by atoms with Crippen LogP contribution in [-0.2, 0) is 4.74 Å². The molecule has 6 heteroatoms. The summed E-state index contributed by atoms with van der Waals surface area (Å²) in [5, 5.41) is 0.606. The second-order valence-corrected chi connectivity index (χ2v) is 7.36. The molecule has 3 rings (SSSR count). The van der Waals surface area contributed by atoms with Crippen LogP contribution >= 0.6 is 23.5 Å². The first kappa shape index (κ1) is 19.3. The van der Waals surface area contributed by atoms with Gasteiger partial charge in [-0.1, -0.05) is 35.9 Å². The molecule has 3 aromatic rings. The van der Waals surface area contributed by atoms with E-state index in [9.17, 15) is 4.79 Å². The number of halogens is 1. The highest BCUT2D eigenvalue weighted by Gasteiger charge is 2.10. The minimum Gasteiger partial charge on any atom is -0.465 e. The van der Waals surface area contributed by atoms with Crippen molar-refractivity contribution in [1.82, 2.24) is 4.98 Å². The number of esters is 1. The molecule has 1 aromatic heterocycles. The van der Waals surface area contributed by atoms with Gasteiger partial charge in [0.1, 0.15) is 5.82 Å². The number of anilines is 1. The van der Waals surface area contributed by atoms with E-state index in [0.717, 1.165) is 27.3 Å². The smallest absolute Gasteiger partial charge is 0.337 e. The number of carbonyl (C=O) groups excluding carboxylic acids is 1. The van der Waals surface area contributed by atoms with E-state index in [-0.39, 0.29) is 5.97 Å². The fourth-order valence-corrected chi connectivity index (χ4v) is 3.68. The van der Waals surface area contributed by atoms with Crippen molar-refractivity contribution in [3.8, 4) is 11.3 Å². The molecule has 0 unspecified atom stereocenters. The fraction of sp³-hybridized carbons (Fsp3) is 0.143. The van der Waals surface area contributed by atoms with Crippen molar-refractivity contribution in [2.24, 2.45) is 0 Å². The molecular weight excluding hydrogens is 380 g/mol. The highest BCUT2D eigenvalue weighted by molar-refractivity contribution is 8.00. The first-order valence-corrected chi connectivity index (χ1v) is 9.53. The van der Waals surface area contributed by atoms with Gasteiger partial charge in [0, 0.05) is 21.5 Å². The zero-order chi connectivity index (χ0) is 19.4. The van der Waals surface area contributed by atoms with Crippen molar-refractivity contribution >= 4 is 35.3 Å². The molecule has 0 aliphatic carbocycles. The average Bonchev–Trinajstić information content (AvgIpc) is 2.65. The summed E-state index contributed by atoms with van der Waals surface area (Å²) < 4.78 is 7.96. The van der Waals surface area contributed by atoms with E-state index >= 15 is 0 Å². The molecule has 0 spiro atoms. The predicted octanol–water partition coefficient (Wildman–Crippen LogP) is 5.92. The van der Waals surface area contributed by atoms with Gasteiger partial charge in [-0.05, 0) is 61.2 Å². The van der Waals surface area contributed by atoms with Gasteiger partial charge in [0.05, 0.1) is 18.4 Å². The molecule has 0 aliphatic heterocycles. The summed E-state index contributed by atoms with van der Waals surface area (Å²) in [7, 11) is 1.37. The summed E-state index contributed by atoms with van der Waals surface area (Å²) in [6, 6.07) is 17.0. The average molecular weight is 399 g/mol. The van der Waals surface area contributed by atoms with E-state index in [4.69, 9.17) is 21.3 Å². The third-order valence-electron chi connectivity index (χ3n) is 4.06. The number of methoxy groups -OCH3 is 1. The summed E-state index contributed by atoms with van der Waals surface area (Å²) in [5.74, 6) is 0.282. The number of aryl methyl sites for hydroxylation is 2. The number of rotatable bonds is 5. The van der Waals surface area contributed by atoms with Gasteiger partial charge in [-0.3, -0.25) is 0 Å².